The van der Waals surface area contributed by atoms with Crippen molar-refractivity contribution < 1.29 is 22.4 Å². The molecule has 3 heterocycles. The summed E-state index contributed by atoms with van der Waals surface area (Å²) in [6.45, 7) is 4.67. The molecule has 0 bridgehead atoms. The number of likely N-dealkylation sites (tertiary alicyclic amines) is 2. The number of halogens is 4. The zero-order valence-corrected chi connectivity index (χ0v) is 16.3. The second-order valence-corrected chi connectivity index (χ2v) is 8.22. The summed E-state index contributed by atoms with van der Waals surface area (Å²) in [6.07, 6.45) is -0.298. The van der Waals surface area contributed by atoms with Crippen molar-refractivity contribution in [2.75, 3.05) is 26.2 Å². The number of nitriles is 1. The smallest absolute Gasteiger partial charge is 0.338 e. The van der Waals surface area contributed by atoms with Gasteiger partial charge in [0.2, 0.25) is 0 Å². The summed E-state index contributed by atoms with van der Waals surface area (Å²) in [6, 6.07) is 3.55. The molecule has 1 aromatic heterocycles. The lowest BCUT2D eigenvalue weighted by atomic mass is 9.77. The van der Waals surface area contributed by atoms with E-state index in [2.05, 4.69) is 22.9 Å². The van der Waals surface area contributed by atoms with E-state index in [1.165, 1.54) is 4.90 Å². The molecule has 9 heteroatoms. The first-order chi connectivity index (χ1) is 13.6. The number of alkyl halides is 3. The Morgan fingerprint density at radius 2 is 1.90 bits per heavy atom. The van der Waals surface area contributed by atoms with E-state index in [9.17, 15) is 22.4 Å². The third-order valence-electron chi connectivity index (χ3n) is 6.17. The van der Waals surface area contributed by atoms with E-state index < -0.39 is 29.2 Å². The molecule has 5 nitrogen and oxygen atoms in total. The molecule has 158 valence electrons. The highest BCUT2D eigenvalue weighted by Gasteiger charge is 2.39. The minimum absolute atomic E-state index is 0.0526. The summed E-state index contributed by atoms with van der Waals surface area (Å²) in [5, 5.41) is 8.96. The van der Waals surface area contributed by atoms with Gasteiger partial charge in [-0.3, -0.25) is 4.79 Å². The summed E-state index contributed by atoms with van der Waals surface area (Å²) in [5.74, 6) is -2.34. The van der Waals surface area contributed by atoms with Crippen molar-refractivity contribution in [3.05, 3.63) is 29.3 Å². The number of carbonyl (C=O) groups is 1. The molecule has 1 aromatic rings. The first-order valence-corrected chi connectivity index (χ1v) is 9.76. The van der Waals surface area contributed by atoms with Gasteiger partial charge >= 0.3 is 6.18 Å². The third kappa shape index (κ3) is 4.69. The molecule has 0 saturated carbocycles. The highest BCUT2D eigenvalue weighted by molar-refractivity contribution is 5.94. The topological polar surface area (TPSA) is 60.2 Å². The first-order valence-electron chi connectivity index (χ1n) is 9.76. The van der Waals surface area contributed by atoms with Crippen LogP contribution in [0, 0.1) is 22.6 Å². The second kappa shape index (κ2) is 8.27. The van der Waals surface area contributed by atoms with Crippen molar-refractivity contribution in [3.8, 4) is 6.07 Å². The van der Waals surface area contributed by atoms with Crippen molar-refractivity contribution in [1.29, 1.82) is 5.26 Å². The van der Waals surface area contributed by atoms with Gasteiger partial charge in [0.15, 0.2) is 11.5 Å². The number of hydrogen-bond acceptors (Lipinski definition) is 4. The molecule has 29 heavy (non-hydrogen) atoms. The van der Waals surface area contributed by atoms with Crippen LogP contribution in [0.1, 0.15) is 55.1 Å². The summed E-state index contributed by atoms with van der Waals surface area (Å²) < 4.78 is 52.7. The fourth-order valence-electron chi connectivity index (χ4n) is 4.21. The first kappa shape index (κ1) is 21.5. The molecule has 0 atom stereocenters. The van der Waals surface area contributed by atoms with Gasteiger partial charge < -0.3 is 9.80 Å². The number of amides is 1. The minimum atomic E-state index is -4.94. The van der Waals surface area contributed by atoms with Crippen LogP contribution in [0.5, 0.6) is 0 Å². The van der Waals surface area contributed by atoms with Crippen LogP contribution in [-0.2, 0) is 6.18 Å². The highest BCUT2D eigenvalue weighted by Crippen LogP contribution is 2.36. The molecule has 2 aliphatic rings. The van der Waals surface area contributed by atoms with Crippen LogP contribution in [0.25, 0.3) is 0 Å². The van der Waals surface area contributed by atoms with Crippen LogP contribution in [-0.4, -0.2) is 52.9 Å². The zero-order valence-electron chi connectivity index (χ0n) is 16.3. The Morgan fingerprint density at radius 3 is 2.45 bits per heavy atom. The van der Waals surface area contributed by atoms with Gasteiger partial charge in [0.1, 0.15) is 0 Å². The molecule has 1 amide bonds. The number of aromatic nitrogens is 1. The van der Waals surface area contributed by atoms with Gasteiger partial charge in [-0.2, -0.15) is 18.4 Å². The van der Waals surface area contributed by atoms with Crippen LogP contribution in [0.15, 0.2) is 12.3 Å². The van der Waals surface area contributed by atoms with E-state index in [4.69, 9.17) is 5.26 Å². The van der Waals surface area contributed by atoms with Crippen LogP contribution >= 0.6 is 0 Å². The third-order valence-corrected chi connectivity index (χ3v) is 6.17. The lowest BCUT2D eigenvalue weighted by Gasteiger charge is -2.44. The molecular weight excluding hydrogens is 388 g/mol. The standard InChI is InChI=1S/C20H24F4N4O/c1-19(5-8-25)6-12-27(13-7-19)14-3-10-28(11-4-14)18(29)15-2-9-26-17(16(15)21)20(22,23)24/h2,9,14H,3-7,10-13H2,1H3. The predicted molar refractivity (Wildman–Crippen MR) is 97.3 cm³/mol. The highest BCUT2D eigenvalue weighted by atomic mass is 19.4. The Kier molecular flexibility index (Phi) is 6.13. The van der Waals surface area contributed by atoms with Gasteiger partial charge in [0, 0.05) is 31.7 Å². The number of nitrogens with zero attached hydrogens (tertiary/aromatic N) is 4. The number of pyridine rings is 1. The summed E-state index contributed by atoms with van der Waals surface area (Å²) in [7, 11) is 0. The van der Waals surface area contributed by atoms with Gasteiger partial charge in [-0.25, -0.2) is 9.37 Å². The van der Waals surface area contributed by atoms with E-state index in [-0.39, 0.29) is 5.41 Å². The maximum absolute atomic E-state index is 14.2. The van der Waals surface area contributed by atoms with E-state index in [1.807, 2.05) is 0 Å². The lowest BCUT2D eigenvalue weighted by Crippen LogP contribution is -2.50. The minimum Gasteiger partial charge on any atom is -0.338 e. The average molecular weight is 412 g/mol. The largest absolute Gasteiger partial charge is 0.436 e. The number of rotatable bonds is 3. The Morgan fingerprint density at radius 1 is 1.28 bits per heavy atom. The van der Waals surface area contributed by atoms with Crippen LogP contribution < -0.4 is 0 Å². The molecule has 3 rings (SSSR count). The van der Waals surface area contributed by atoms with E-state index in [0.717, 1.165) is 38.2 Å². The van der Waals surface area contributed by atoms with Crippen molar-refractivity contribution in [2.45, 2.75) is 51.2 Å². The molecule has 0 spiro atoms. The number of carbonyl (C=O) groups excluding carboxylic acids is 1. The van der Waals surface area contributed by atoms with Crippen molar-refractivity contribution in [1.82, 2.24) is 14.8 Å². The SMILES string of the molecule is CC1(CC#N)CCN(C2CCN(C(=O)c3ccnc(C(F)(F)F)c3F)CC2)CC1. The van der Waals surface area contributed by atoms with E-state index in [0.29, 0.717) is 38.4 Å². The summed E-state index contributed by atoms with van der Waals surface area (Å²) in [4.78, 5) is 19.4. The fourth-order valence-corrected chi connectivity index (χ4v) is 4.21. The Labute approximate surface area is 167 Å². The normalized spacial score (nSPS) is 21.0. The molecule has 0 radical (unpaired) electrons. The molecule has 2 aliphatic heterocycles. The summed E-state index contributed by atoms with van der Waals surface area (Å²) >= 11 is 0. The molecule has 0 aromatic carbocycles. The maximum Gasteiger partial charge on any atom is 0.436 e. The van der Waals surface area contributed by atoms with Crippen molar-refractivity contribution in [2.24, 2.45) is 5.41 Å². The summed E-state index contributed by atoms with van der Waals surface area (Å²) in [5.41, 5.74) is -2.19. The monoisotopic (exact) mass is 412 g/mol. The van der Waals surface area contributed by atoms with Crippen LogP contribution in [0.2, 0.25) is 0 Å². The van der Waals surface area contributed by atoms with Gasteiger partial charge in [-0.15, -0.1) is 0 Å². The van der Waals surface area contributed by atoms with Gasteiger partial charge in [-0.1, -0.05) is 6.92 Å². The van der Waals surface area contributed by atoms with Gasteiger partial charge in [-0.05, 0) is 50.3 Å². The van der Waals surface area contributed by atoms with Crippen molar-refractivity contribution >= 4 is 5.91 Å². The van der Waals surface area contributed by atoms with Crippen LogP contribution in [0.3, 0.4) is 0 Å². The average Bonchev–Trinajstić information content (AvgIpc) is 2.67. The second-order valence-electron chi connectivity index (χ2n) is 8.22. The Hall–Kier alpha value is -2.21. The van der Waals surface area contributed by atoms with E-state index in [1.54, 1.807) is 0 Å². The molecular formula is C20H24F4N4O. The number of hydrogen-bond donors (Lipinski definition) is 0. The quantitative estimate of drug-likeness (QED) is 0.708. The van der Waals surface area contributed by atoms with Gasteiger partial charge in [0.05, 0.1) is 11.6 Å². The molecule has 0 N–H and O–H groups in total. The molecule has 0 aliphatic carbocycles. The van der Waals surface area contributed by atoms with Crippen LogP contribution in [0.4, 0.5) is 17.6 Å². The molecule has 2 fully saturated rings. The Bertz CT molecular complexity index is 789. The zero-order chi connectivity index (χ0) is 21.2. The maximum atomic E-state index is 14.2. The number of piperidine rings is 2. The molecule has 0 unspecified atom stereocenters. The van der Waals surface area contributed by atoms with Gasteiger partial charge in [0.25, 0.3) is 5.91 Å². The Balaban J connectivity index is 1.59. The fraction of sp³-hybridized carbons (Fsp3) is 0.650. The van der Waals surface area contributed by atoms with E-state index >= 15 is 0 Å². The predicted octanol–water partition coefficient (Wildman–Crippen LogP) is 3.86. The van der Waals surface area contributed by atoms with Crippen molar-refractivity contribution in [3.63, 3.8) is 0 Å². The molecule has 2 saturated heterocycles. The lowest BCUT2D eigenvalue weighted by molar-refractivity contribution is -0.143.